The number of rotatable bonds is 7. The molecule has 2 saturated heterocycles. The number of hydrogen-bond acceptors (Lipinski definition) is 8. The molecule has 2 fully saturated rings. The lowest BCUT2D eigenvalue weighted by atomic mass is 10.0. The van der Waals surface area contributed by atoms with E-state index in [1.54, 1.807) is 0 Å². The fourth-order valence-corrected chi connectivity index (χ4v) is 5.88. The van der Waals surface area contributed by atoms with Gasteiger partial charge < -0.3 is 28.7 Å². The van der Waals surface area contributed by atoms with E-state index in [1.807, 2.05) is 30.3 Å². The first-order chi connectivity index (χ1) is 20.0. The monoisotopic (exact) mass is 608 g/mol. The first-order valence-corrected chi connectivity index (χ1v) is 14.0. The lowest BCUT2D eigenvalue weighted by molar-refractivity contribution is -0.153. The van der Waals surface area contributed by atoms with Gasteiger partial charge in [-0.15, -0.1) is 0 Å². The van der Waals surface area contributed by atoms with Gasteiger partial charge in [0.05, 0.1) is 45.6 Å². The number of halogens is 3. The van der Waals surface area contributed by atoms with E-state index in [1.165, 1.54) is 24.1 Å². The Kier molecular flexibility index (Phi) is 10.2. The number of alkyl halides is 3. The number of thioether (sulfide) groups is 1. The molecular weight excluding hydrogens is 577 g/mol. The summed E-state index contributed by atoms with van der Waals surface area (Å²) in [6.45, 7) is 3.97. The summed E-state index contributed by atoms with van der Waals surface area (Å²) in [7, 11) is 2.32. The van der Waals surface area contributed by atoms with Gasteiger partial charge in [-0.2, -0.15) is 13.2 Å². The number of hydrogen-bond donors (Lipinski definition) is 0. The minimum Gasteiger partial charge on any atom is -0.467 e. The summed E-state index contributed by atoms with van der Waals surface area (Å²) in [5, 5.41) is 0. The second-order valence-electron chi connectivity index (χ2n) is 9.67. The van der Waals surface area contributed by atoms with Crippen molar-refractivity contribution in [2.24, 2.45) is 0 Å². The van der Waals surface area contributed by atoms with E-state index in [0.29, 0.717) is 13.0 Å². The summed E-state index contributed by atoms with van der Waals surface area (Å²) in [6.07, 6.45) is -5.17. The largest absolute Gasteiger partial charge is 0.467 e. The minimum atomic E-state index is -4.73. The highest BCUT2D eigenvalue weighted by molar-refractivity contribution is 7.99. The van der Waals surface area contributed by atoms with Crippen molar-refractivity contribution in [3.63, 3.8) is 0 Å². The molecule has 4 rings (SSSR count). The average molecular weight is 609 g/mol. The molecule has 42 heavy (non-hydrogen) atoms. The molecule has 0 aromatic heterocycles. The van der Waals surface area contributed by atoms with Crippen molar-refractivity contribution in [3.05, 3.63) is 71.8 Å². The number of carbonyl (C=O) groups excluding carboxylic acids is 3. The molecule has 2 aliphatic heterocycles. The maximum atomic E-state index is 14.2. The van der Waals surface area contributed by atoms with Gasteiger partial charge >= 0.3 is 18.2 Å². The molecule has 0 saturated carbocycles. The molecule has 2 aromatic rings. The van der Waals surface area contributed by atoms with Crippen LogP contribution in [-0.4, -0.2) is 92.4 Å². The molecule has 2 heterocycles. The van der Waals surface area contributed by atoms with Crippen LogP contribution < -0.4 is 0 Å². The molecule has 0 bridgehead atoms. The molecule has 9 nitrogen and oxygen atoms in total. The number of benzene rings is 2. The third-order valence-electron chi connectivity index (χ3n) is 6.91. The topological polar surface area (TPSA) is 94.6 Å². The number of piperazine rings is 1. The smallest absolute Gasteiger partial charge is 0.417 e. The van der Waals surface area contributed by atoms with Crippen LogP contribution in [0, 0.1) is 0 Å². The summed E-state index contributed by atoms with van der Waals surface area (Å²) in [5.41, 5.74) is -0.888. The van der Waals surface area contributed by atoms with Crippen molar-refractivity contribution in [3.8, 4) is 0 Å². The van der Waals surface area contributed by atoms with E-state index in [-0.39, 0.29) is 48.4 Å². The SMILES string of the molecule is C=C(C(=O)N1CCN(C(=O)OC)CC1C(=O)OC)c1ccc(SC2COCC(Cc3ccccc3)O2)c(C(F)(F)F)c1. The second kappa shape index (κ2) is 13.6. The highest BCUT2D eigenvalue weighted by atomic mass is 32.2. The van der Waals surface area contributed by atoms with Crippen LogP contribution in [0.4, 0.5) is 18.0 Å². The van der Waals surface area contributed by atoms with Gasteiger partial charge in [0.1, 0.15) is 11.5 Å². The van der Waals surface area contributed by atoms with Gasteiger partial charge in [-0.3, -0.25) is 4.79 Å². The molecule has 226 valence electrons. The molecule has 2 aliphatic rings. The van der Waals surface area contributed by atoms with Crippen LogP contribution in [0.5, 0.6) is 0 Å². The number of esters is 1. The summed E-state index contributed by atoms with van der Waals surface area (Å²) in [5.74, 6) is -1.54. The predicted molar refractivity (Wildman–Crippen MR) is 147 cm³/mol. The number of amides is 2. The third kappa shape index (κ3) is 7.44. The first-order valence-electron chi connectivity index (χ1n) is 13.1. The number of methoxy groups -OCH3 is 2. The Bertz CT molecular complexity index is 1310. The van der Waals surface area contributed by atoms with Crippen LogP contribution in [0.2, 0.25) is 0 Å². The standard InChI is InChI=1S/C29H31F3N2O7S/c1-18(26(35)34-12-11-33(28(37)39-3)15-23(34)27(36)38-2)20-9-10-24(22(14-20)29(30,31)32)42-25-17-40-16-21(41-25)13-19-7-5-4-6-8-19/h4-10,14,21,23,25H,1,11-13,15-17H2,2-3H3. The molecule has 0 N–H and O–H groups in total. The van der Waals surface area contributed by atoms with E-state index in [4.69, 9.17) is 18.9 Å². The van der Waals surface area contributed by atoms with Crippen LogP contribution in [0.1, 0.15) is 16.7 Å². The molecule has 13 heteroatoms. The van der Waals surface area contributed by atoms with Crippen LogP contribution in [0.15, 0.2) is 60.0 Å². The number of carbonyl (C=O) groups is 3. The van der Waals surface area contributed by atoms with Crippen molar-refractivity contribution < 1.29 is 46.5 Å². The number of ether oxygens (including phenoxy) is 4. The Morgan fingerprint density at radius 1 is 1.05 bits per heavy atom. The Morgan fingerprint density at radius 3 is 2.45 bits per heavy atom. The van der Waals surface area contributed by atoms with E-state index >= 15 is 0 Å². The van der Waals surface area contributed by atoms with Gasteiger partial charge in [-0.05, 0) is 23.3 Å². The molecule has 3 unspecified atom stereocenters. The molecule has 2 aromatic carbocycles. The quantitative estimate of drug-likeness (QED) is 0.340. The average Bonchev–Trinajstić information content (AvgIpc) is 2.99. The maximum Gasteiger partial charge on any atom is 0.417 e. The van der Waals surface area contributed by atoms with Crippen LogP contribution in [0.25, 0.3) is 5.57 Å². The lowest BCUT2D eigenvalue weighted by Crippen LogP contribution is -2.59. The predicted octanol–water partition coefficient (Wildman–Crippen LogP) is 4.25. The van der Waals surface area contributed by atoms with Gasteiger partial charge in [0, 0.05) is 30.0 Å². The van der Waals surface area contributed by atoms with E-state index in [2.05, 4.69) is 6.58 Å². The zero-order valence-electron chi connectivity index (χ0n) is 23.1. The van der Waals surface area contributed by atoms with Gasteiger partial charge in [0.2, 0.25) is 0 Å². The summed E-state index contributed by atoms with van der Waals surface area (Å²) < 4.78 is 63.8. The fourth-order valence-electron chi connectivity index (χ4n) is 4.77. The van der Waals surface area contributed by atoms with E-state index < -0.39 is 41.2 Å². The van der Waals surface area contributed by atoms with Gasteiger partial charge in [0.15, 0.2) is 0 Å². The van der Waals surface area contributed by atoms with Crippen molar-refractivity contribution in [1.82, 2.24) is 9.80 Å². The Morgan fingerprint density at radius 2 is 1.79 bits per heavy atom. The van der Waals surface area contributed by atoms with Crippen molar-refractivity contribution in [2.75, 3.05) is 47.1 Å². The molecule has 2 amide bonds. The highest BCUT2D eigenvalue weighted by Crippen LogP contribution is 2.41. The Labute approximate surface area is 245 Å². The molecule has 0 radical (unpaired) electrons. The zero-order valence-corrected chi connectivity index (χ0v) is 23.9. The van der Waals surface area contributed by atoms with Crippen molar-refractivity contribution in [1.29, 1.82) is 0 Å². The van der Waals surface area contributed by atoms with Crippen molar-refractivity contribution in [2.45, 2.75) is 35.1 Å². The summed E-state index contributed by atoms with van der Waals surface area (Å²) in [6, 6.07) is 11.9. The number of nitrogens with zero attached hydrogens (tertiary/aromatic N) is 2. The van der Waals surface area contributed by atoms with Gasteiger partial charge in [-0.25, -0.2) is 9.59 Å². The minimum absolute atomic E-state index is 0.0529. The summed E-state index contributed by atoms with van der Waals surface area (Å²) in [4.78, 5) is 40.1. The Balaban J connectivity index is 1.51. The van der Waals surface area contributed by atoms with Gasteiger partial charge in [0.25, 0.3) is 5.91 Å². The third-order valence-corrected chi connectivity index (χ3v) is 8.03. The molecule has 0 spiro atoms. The lowest BCUT2D eigenvalue weighted by Gasteiger charge is -2.39. The van der Waals surface area contributed by atoms with Gasteiger partial charge in [-0.1, -0.05) is 54.7 Å². The normalized spacial score (nSPS) is 21.0. The highest BCUT2D eigenvalue weighted by Gasteiger charge is 2.40. The molecule has 3 atom stereocenters. The van der Waals surface area contributed by atoms with Crippen LogP contribution in [0.3, 0.4) is 0 Å². The zero-order chi connectivity index (χ0) is 30.4. The van der Waals surface area contributed by atoms with Crippen LogP contribution in [-0.2, 0) is 41.1 Å². The maximum absolute atomic E-state index is 14.2. The summed E-state index contributed by atoms with van der Waals surface area (Å²) >= 11 is 0.899. The van der Waals surface area contributed by atoms with E-state index in [9.17, 15) is 27.6 Å². The first kappa shape index (κ1) is 31.4. The van der Waals surface area contributed by atoms with Crippen LogP contribution >= 0.6 is 11.8 Å². The fraction of sp³-hybridized carbons (Fsp3) is 0.414. The van der Waals surface area contributed by atoms with Crippen molar-refractivity contribution >= 4 is 35.3 Å². The molecule has 0 aliphatic carbocycles. The second-order valence-corrected chi connectivity index (χ2v) is 10.9. The molecular formula is C29H31F3N2O7S. The Hall–Kier alpha value is -3.55. The van der Waals surface area contributed by atoms with E-state index in [0.717, 1.165) is 35.4 Å².